The third-order valence-corrected chi connectivity index (χ3v) is 1.97. The van der Waals surface area contributed by atoms with Crippen LogP contribution in [-0.4, -0.2) is 33.7 Å². The fourth-order valence-corrected chi connectivity index (χ4v) is 1.16. The Morgan fingerprint density at radius 3 is 3.00 bits per heavy atom. The molecule has 0 aromatic carbocycles. The van der Waals surface area contributed by atoms with Crippen molar-refractivity contribution in [2.24, 2.45) is 0 Å². The Kier molecular flexibility index (Phi) is 4.12. The van der Waals surface area contributed by atoms with Gasteiger partial charge in [-0.05, 0) is 6.92 Å². The maximum atomic E-state index is 10.2. The van der Waals surface area contributed by atoms with Crippen molar-refractivity contribution < 1.29 is 9.90 Å². The van der Waals surface area contributed by atoms with E-state index in [0.29, 0.717) is 6.54 Å². The minimum Gasteiger partial charge on any atom is -0.481 e. The third kappa shape index (κ3) is 3.57. The van der Waals surface area contributed by atoms with Crippen LogP contribution < -0.4 is 5.32 Å². The van der Waals surface area contributed by atoms with Gasteiger partial charge in [0.25, 0.3) is 0 Å². The third-order valence-electron chi connectivity index (χ3n) is 1.97. The highest BCUT2D eigenvalue weighted by molar-refractivity contribution is 5.66. The van der Waals surface area contributed by atoms with E-state index in [1.165, 1.54) is 0 Å². The minimum absolute atomic E-state index is 0.170. The lowest BCUT2D eigenvalue weighted by Gasteiger charge is -2.05. The number of carboxylic acids is 1. The summed E-state index contributed by atoms with van der Waals surface area (Å²) in [6.07, 6.45) is 3.84. The van der Waals surface area contributed by atoms with Crippen LogP contribution in [0.3, 0.4) is 0 Å². The molecule has 0 atom stereocenters. The highest BCUT2D eigenvalue weighted by Gasteiger charge is 1.97. The number of nitrogens with zero attached hydrogens (tertiary/aromatic N) is 2. The number of aliphatic carboxylic acids is 1. The molecule has 0 aliphatic heterocycles. The second-order valence-corrected chi connectivity index (χ2v) is 3.06. The Morgan fingerprint density at radius 2 is 2.43 bits per heavy atom. The number of rotatable bonds is 6. The highest BCUT2D eigenvalue weighted by atomic mass is 16.4. The van der Waals surface area contributed by atoms with Gasteiger partial charge in [-0.2, -0.15) is 0 Å². The largest absolute Gasteiger partial charge is 0.481 e. The molecule has 1 rings (SSSR count). The molecule has 0 bridgehead atoms. The number of aryl methyl sites for hydroxylation is 1. The fraction of sp³-hybridized carbons (Fsp3) is 0.556. The molecule has 0 unspecified atom stereocenters. The Bertz CT molecular complexity index is 296. The average molecular weight is 197 g/mol. The Hall–Kier alpha value is -1.36. The Morgan fingerprint density at radius 1 is 1.64 bits per heavy atom. The first-order valence-electron chi connectivity index (χ1n) is 4.60. The average Bonchev–Trinajstić information content (AvgIpc) is 2.51. The molecular weight excluding hydrogens is 182 g/mol. The zero-order valence-corrected chi connectivity index (χ0v) is 8.23. The second kappa shape index (κ2) is 5.39. The quantitative estimate of drug-likeness (QED) is 0.642. The number of imidazole rings is 1. The molecule has 0 amide bonds. The van der Waals surface area contributed by atoms with Crippen molar-refractivity contribution in [3.05, 3.63) is 18.2 Å². The number of carbonyl (C=O) groups is 1. The van der Waals surface area contributed by atoms with Crippen LogP contribution in [0, 0.1) is 6.92 Å². The number of hydrogen-bond acceptors (Lipinski definition) is 3. The molecule has 5 heteroatoms. The van der Waals surface area contributed by atoms with Gasteiger partial charge in [0, 0.05) is 32.0 Å². The first-order valence-corrected chi connectivity index (χ1v) is 4.60. The molecule has 1 heterocycles. The van der Waals surface area contributed by atoms with E-state index in [4.69, 9.17) is 5.11 Å². The molecule has 14 heavy (non-hydrogen) atoms. The molecule has 5 nitrogen and oxygen atoms in total. The lowest BCUT2D eigenvalue weighted by molar-refractivity contribution is -0.136. The number of nitrogens with one attached hydrogen (secondary N) is 1. The summed E-state index contributed by atoms with van der Waals surface area (Å²) in [5, 5.41) is 11.4. The van der Waals surface area contributed by atoms with Gasteiger partial charge in [-0.25, -0.2) is 4.98 Å². The summed E-state index contributed by atoms with van der Waals surface area (Å²) in [5.74, 6) is 0.210. The van der Waals surface area contributed by atoms with E-state index in [1.54, 1.807) is 6.20 Å². The molecule has 0 aliphatic carbocycles. The van der Waals surface area contributed by atoms with Crippen LogP contribution in [-0.2, 0) is 11.3 Å². The van der Waals surface area contributed by atoms with Crippen molar-refractivity contribution >= 4 is 5.97 Å². The van der Waals surface area contributed by atoms with Crippen LogP contribution in [0.4, 0.5) is 0 Å². The summed E-state index contributed by atoms with van der Waals surface area (Å²) in [4.78, 5) is 14.3. The molecule has 1 aromatic rings. The highest BCUT2D eigenvalue weighted by Crippen LogP contribution is 1.93. The summed E-state index contributed by atoms with van der Waals surface area (Å²) in [6.45, 7) is 4.05. The molecule has 2 N–H and O–H groups in total. The standard InChI is InChI=1S/C9H15N3O2/c1-8-11-5-7-12(8)6-4-10-3-2-9(13)14/h5,7,10H,2-4,6H2,1H3,(H,13,14). The molecule has 0 saturated heterocycles. The Balaban J connectivity index is 2.10. The lowest BCUT2D eigenvalue weighted by Crippen LogP contribution is -2.22. The van der Waals surface area contributed by atoms with Gasteiger partial charge < -0.3 is 15.0 Å². The SMILES string of the molecule is Cc1nccn1CCNCCC(=O)O. The predicted molar refractivity (Wildman–Crippen MR) is 52.1 cm³/mol. The molecule has 0 radical (unpaired) electrons. The van der Waals surface area contributed by atoms with Gasteiger partial charge in [0.2, 0.25) is 0 Å². The fourth-order valence-electron chi connectivity index (χ4n) is 1.16. The van der Waals surface area contributed by atoms with Gasteiger partial charge in [-0.3, -0.25) is 4.79 Å². The van der Waals surface area contributed by atoms with Gasteiger partial charge in [0.05, 0.1) is 6.42 Å². The Labute approximate surface area is 82.8 Å². The van der Waals surface area contributed by atoms with E-state index in [2.05, 4.69) is 10.3 Å². The van der Waals surface area contributed by atoms with E-state index >= 15 is 0 Å². The van der Waals surface area contributed by atoms with Crippen molar-refractivity contribution in [3.63, 3.8) is 0 Å². The maximum Gasteiger partial charge on any atom is 0.304 e. The minimum atomic E-state index is -0.767. The number of carboxylic acid groups (broad SMARTS) is 1. The molecule has 0 fully saturated rings. The molecule has 0 spiro atoms. The van der Waals surface area contributed by atoms with E-state index in [-0.39, 0.29) is 6.42 Å². The van der Waals surface area contributed by atoms with E-state index in [0.717, 1.165) is 18.9 Å². The zero-order valence-electron chi connectivity index (χ0n) is 8.23. The normalized spacial score (nSPS) is 10.4. The van der Waals surface area contributed by atoms with Crippen LogP contribution in [0.1, 0.15) is 12.2 Å². The lowest BCUT2D eigenvalue weighted by atomic mass is 10.4. The zero-order chi connectivity index (χ0) is 10.4. The van der Waals surface area contributed by atoms with E-state index in [9.17, 15) is 4.79 Å². The topological polar surface area (TPSA) is 67.2 Å². The van der Waals surface area contributed by atoms with Gasteiger partial charge in [0.15, 0.2) is 0 Å². The predicted octanol–water partition coefficient (Wildman–Crippen LogP) is 0.256. The van der Waals surface area contributed by atoms with E-state index < -0.39 is 5.97 Å². The summed E-state index contributed by atoms with van der Waals surface area (Å²) < 4.78 is 2.02. The van der Waals surface area contributed by atoms with Crippen molar-refractivity contribution in [1.82, 2.24) is 14.9 Å². The summed E-state index contributed by atoms with van der Waals surface area (Å²) in [7, 11) is 0. The van der Waals surface area contributed by atoms with Crippen molar-refractivity contribution in [3.8, 4) is 0 Å². The first-order chi connectivity index (χ1) is 6.70. The second-order valence-electron chi connectivity index (χ2n) is 3.06. The van der Waals surface area contributed by atoms with Crippen LogP contribution in [0.25, 0.3) is 0 Å². The summed E-state index contributed by atoms with van der Waals surface area (Å²) in [5.41, 5.74) is 0. The maximum absolute atomic E-state index is 10.2. The van der Waals surface area contributed by atoms with Crippen LogP contribution in [0.2, 0.25) is 0 Å². The van der Waals surface area contributed by atoms with Crippen LogP contribution >= 0.6 is 0 Å². The molecule has 1 aromatic heterocycles. The first kappa shape index (κ1) is 10.7. The van der Waals surface area contributed by atoms with Gasteiger partial charge in [-0.15, -0.1) is 0 Å². The van der Waals surface area contributed by atoms with Gasteiger partial charge >= 0.3 is 5.97 Å². The van der Waals surface area contributed by atoms with Crippen LogP contribution in [0.5, 0.6) is 0 Å². The van der Waals surface area contributed by atoms with E-state index in [1.807, 2.05) is 17.7 Å². The monoisotopic (exact) mass is 197 g/mol. The van der Waals surface area contributed by atoms with Crippen molar-refractivity contribution in [2.75, 3.05) is 13.1 Å². The van der Waals surface area contributed by atoms with Crippen LogP contribution in [0.15, 0.2) is 12.4 Å². The summed E-state index contributed by atoms with van der Waals surface area (Å²) >= 11 is 0. The smallest absolute Gasteiger partial charge is 0.304 e. The van der Waals surface area contributed by atoms with Gasteiger partial charge in [0.1, 0.15) is 5.82 Å². The van der Waals surface area contributed by atoms with Gasteiger partial charge in [-0.1, -0.05) is 0 Å². The molecular formula is C9H15N3O2. The molecule has 0 aliphatic rings. The molecule has 0 saturated carbocycles. The van der Waals surface area contributed by atoms with Crippen molar-refractivity contribution in [1.29, 1.82) is 0 Å². The molecule has 78 valence electrons. The number of aromatic nitrogens is 2. The number of hydrogen-bond donors (Lipinski definition) is 2. The van der Waals surface area contributed by atoms with Crippen molar-refractivity contribution in [2.45, 2.75) is 19.9 Å². The summed E-state index contributed by atoms with van der Waals surface area (Å²) in [6, 6.07) is 0.